The summed E-state index contributed by atoms with van der Waals surface area (Å²) in [5.74, 6) is -3.29. The molecule has 0 heterocycles. The summed E-state index contributed by atoms with van der Waals surface area (Å²) in [4.78, 5) is 21.7. The zero-order valence-electron chi connectivity index (χ0n) is 16.5. The molecule has 0 aliphatic rings. The van der Waals surface area contributed by atoms with Gasteiger partial charge in [-0.05, 0) is 18.3 Å². The molecule has 0 aromatic rings. The highest BCUT2D eigenvalue weighted by molar-refractivity contribution is 5.73. The molecular formula is C20H38O6. The lowest BCUT2D eigenvalue weighted by molar-refractivity contribution is -0.148. The number of aliphatic hydroxyl groups excluding tert-OH is 2. The van der Waals surface area contributed by atoms with Gasteiger partial charge in [0.15, 0.2) is 0 Å². The van der Waals surface area contributed by atoms with Crippen molar-refractivity contribution in [2.75, 3.05) is 6.61 Å². The topological polar surface area (TPSA) is 115 Å². The Bertz CT molecular complexity index is 394. The number of unbranched alkanes of at least 4 members (excludes halogenated alkanes) is 8. The monoisotopic (exact) mass is 374 g/mol. The van der Waals surface area contributed by atoms with E-state index in [0.717, 1.165) is 32.1 Å². The third-order valence-electron chi connectivity index (χ3n) is 4.96. The van der Waals surface area contributed by atoms with E-state index in [9.17, 15) is 19.8 Å². The van der Waals surface area contributed by atoms with Crippen molar-refractivity contribution in [3.8, 4) is 0 Å². The van der Waals surface area contributed by atoms with Crippen LogP contribution in [0.3, 0.4) is 0 Å². The van der Waals surface area contributed by atoms with E-state index >= 15 is 0 Å². The van der Waals surface area contributed by atoms with Gasteiger partial charge >= 0.3 is 11.9 Å². The minimum Gasteiger partial charge on any atom is -0.481 e. The first-order valence-electron chi connectivity index (χ1n) is 9.93. The van der Waals surface area contributed by atoms with E-state index in [4.69, 9.17) is 10.2 Å². The average Bonchev–Trinajstić information content (AvgIpc) is 2.54. The summed E-state index contributed by atoms with van der Waals surface area (Å²) in [7, 11) is 0. The summed E-state index contributed by atoms with van der Waals surface area (Å²) >= 11 is 0. The molecule has 0 rings (SSSR count). The average molecular weight is 375 g/mol. The molecule has 2 atom stereocenters. The number of hydrogen-bond donors (Lipinski definition) is 4. The number of aliphatic carboxylic acids is 2. The van der Waals surface area contributed by atoms with Gasteiger partial charge in [-0.3, -0.25) is 9.59 Å². The van der Waals surface area contributed by atoms with Crippen LogP contribution >= 0.6 is 0 Å². The first-order chi connectivity index (χ1) is 12.2. The molecule has 0 aliphatic heterocycles. The van der Waals surface area contributed by atoms with Crippen molar-refractivity contribution in [1.29, 1.82) is 0 Å². The molecule has 0 fully saturated rings. The predicted molar refractivity (Wildman–Crippen MR) is 101 cm³/mol. The van der Waals surface area contributed by atoms with Gasteiger partial charge in [-0.1, -0.05) is 71.6 Å². The number of carboxylic acids is 2. The largest absolute Gasteiger partial charge is 0.481 e. The highest BCUT2D eigenvalue weighted by Gasteiger charge is 2.27. The normalized spacial score (nSPS) is 14.2. The van der Waals surface area contributed by atoms with Crippen LogP contribution in [0.15, 0.2) is 0 Å². The maximum Gasteiger partial charge on any atom is 0.309 e. The fraction of sp³-hybridized carbons (Fsp3) is 0.900. The highest BCUT2D eigenvalue weighted by atomic mass is 16.4. The van der Waals surface area contributed by atoms with Crippen LogP contribution in [0, 0.1) is 11.3 Å². The van der Waals surface area contributed by atoms with Crippen molar-refractivity contribution in [3.63, 3.8) is 0 Å². The first kappa shape index (κ1) is 24.9. The van der Waals surface area contributed by atoms with Crippen molar-refractivity contribution in [2.45, 2.75) is 97.0 Å². The highest BCUT2D eigenvalue weighted by Crippen LogP contribution is 2.23. The van der Waals surface area contributed by atoms with Crippen LogP contribution in [0.2, 0.25) is 0 Å². The molecule has 2 unspecified atom stereocenters. The van der Waals surface area contributed by atoms with Crippen LogP contribution in [-0.2, 0) is 9.59 Å². The van der Waals surface area contributed by atoms with Crippen molar-refractivity contribution in [1.82, 2.24) is 0 Å². The maximum absolute atomic E-state index is 11.1. The Morgan fingerprint density at radius 1 is 0.846 bits per heavy atom. The van der Waals surface area contributed by atoms with E-state index in [1.165, 1.54) is 25.7 Å². The lowest BCUT2D eigenvalue weighted by Gasteiger charge is -2.20. The molecule has 0 aromatic heterocycles. The zero-order chi connectivity index (χ0) is 20.0. The van der Waals surface area contributed by atoms with Crippen molar-refractivity contribution in [3.05, 3.63) is 0 Å². The molecular weight excluding hydrogens is 336 g/mol. The third kappa shape index (κ3) is 13.1. The van der Waals surface area contributed by atoms with Crippen LogP contribution in [-0.4, -0.2) is 45.1 Å². The summed E-state index contributed by atoms with van der Waals surface area (Å²) in [5.41, 5.74) is 0.0336. The number of carboxylic acid groups (broad SMARTS) is 2. The lowest BCUT2D eigenvalue weighted by Crippen LogP contribution is -2.30. The third-order valence-corrected chi connectivity index (χ3v) is 4.96. The van der Waals surface area contributed by atoms with E-state index in [0.29, 0.717) is 12.8 Å². The Balaban J connectivity index is 3.62. The quantitative estimate of drug-likeness (QED) is 0.288. The Hall–Kier alpha value is -1.14. The van der Waals surface area contributed by atoms with Gasteiger partial charge in [0.05, 0.1) is 18.4 Å². The molecule has 0 amide bonds. The SMILES string of the molecule is CC(C)(CO)CCCCCCCCCCCC(C(=O)O)C(O)CC(=O)O. The zero-order valence-corrected chi connectivity index (χ0v) is 16.5. The van der Waals surface area contributed by atoms with E-state index in [1.54, 1.807) is 0 Å². The van der Waals surface area contributed by atoms with Gasteiger partial charge in [-0.15, -0.1) is 0 Å². The second kappa shape index (κ2) is 14.0. The molecule has 26 heavy (non-hydrogen) atoms. The second-order valence-corrected chi connectivity index (χ2v) is 8.15. The molecule has 0 spiro atoms. The number of aliphatic hydroxyl groups is 2. The van der Waals surface area contributed by atoms with Crippen LogP contribution in [0.1, 0.15) is 90.9 Å². The van der Waals surface area contributed by atoms with Crippen LogP contribution < -0.4 is 0 Å². The molecule has 154 valence electrons. The number of rotatable bonds is 17. The van der Waals surface area contributed by atoms with Crippen molar-refractivity contribution in [2.24, 2.45) is 11.3 Å². The van der Waals surface area contributed by atoms with E-state index in [-0.39, 0.29) is 12.0 Å². The first-order valence-corrected chi connectivity index (χ1v) is 9.93. The molecule has 0 saturated heterocycles. The predicted octanol–water partition coefficient (Wildman–Crippen LogP) is 3.83. The standard InChI is InChI=1S/C20H38O6/c1-20(2,15-21)13-11-9-7-5-3-4-6-8-10-12-16(19(25)26)17(22)14-18(23)24/h16-17,21-22H,3-15H2,1-2H3,(H,23,24)(H,25,26). The van der Waals surface area contributed by atoms with Crippen molar-refractivity contribution >= 4 is 11.9 Å². The van der Waals surface area contributed by atoms with E-state index in [1.807, 2.05) is 0 Å². The van der Waals surface area contributed by atoms with Gasteiger partial charge in [0.2, 0.25) is 0 Å². The van der Waals surface area contributed by atoms with Crippen LogP contribution in [0.5, 0.6) is 0 Å². The summed E-state index contributed by atoms with van der Waals surface area (Å²) in [6.45, 7) is 4.41. The number of carbonyl (C=O) groups is 2. The van der Waals surface area contributed by atoms with Gasteiger partial charge < -0.3 is 20.4 Å². The van der Waals surface area contributed by atoms with Crippen LogP contribution in [0.25, 0.3) is 0 Å². The van der Waals surface area contributed by atoms with Gasteiger partial charge in [0.1, 0.15) is 0 Å². The summed E-state index contributed by atoms with van der Waals surface area (Å²) in [5, 5.41) is 36.6. The Kier molecular flexibility index (Phi) is 13.4. The fourth-order valence-corrected chi connectivity index (χ4v) is 3.09. The van der Waals surface area contributed by atoms with Gasteiger partial charge in [0.25, 0.3) is 0 Å². The molecule has 0 aromatic carbocycles. The van der Waals surface area contributed by atoms with E-state index < -0.39 is 30.4 Å². The molecule has 0 bridgehead atoms. The van der Waals surface area contributed by atoms with E-state index in [2.05, 4.69) is 13.8 Å². The minimum atomic E-state index is -1.32. The minimum absolute atomic E-state index is 0.0336. The molecule has 4 N–H and O–H groups in total. The Labute approximate surface area is 157 Å². The Morgan fingerprint density at radius 2 is 1.31 bits per heavy atom. The Morgan fingerprint density at radius 3 is 1.73 bits per heavy atom. The summed E-state index contributed by atoms with van der Waals surface area (Å²) in [6, 6.07) is 0. The molecule has 0 radical (unpaired) electrons. The molecule has 0 saturated carbocycles. The summed E-state index contributed by atoms with van der Waals surface area (Å²) < 4.78 is 0. The second-order valence-electron chi connectivity index (χ2n) is 8.15. The fourth-order valence-electron chi connectivity index (χ4n) is 3.09. The van der Waals surface area contributed by atoms with Crippen molar-refractivity contribution < 1.29 is 30.0 Å². The maximum atomic E-state index is 11.1. The van der Waals surface area contributed by atoms with Gasteiger partial charge in [-0.2, -0.15) is 0 Å². The molecule has 6 heteroatoms. The molecule has 0 aliphatic carbocycles. The number of hydrogen-bond acceptors (Lipinski definition) is 4. The molecule has 6 nitrogen and oxygen atoms in total. The smallest absolute Gasteiger partial charge is 0.309 e. The van der Waals surface area contributed by atoms with Gasteiger partial charge in [-0.25, -0.2) is 0 Å². The summed E-state index contributed by atoms with van der Waals surface area (Å²) in [6.07, 6.45) is 9.26. The van der Waals surface area contributed by atoms with Gasteiger partial charge in [0, 0.05) is 6.61 Å². The lowest BCUT2D eigenvalue weighted by atomic mass is 9.88. The van der Waals surface area contributed by atoms with Crippen LogP contribution in [0.4, 0.5) is 0 Å².